The van der Waals surface area contributed by atoms with Crippen molar-refractivity contribution in [1.29, 1.82) is 0 Å². The molecule has 0 radical (unpaired) electrons. The molecular weight excluding hydrogens is 300 g/mol. The van der Waals surface area contributed by atoms with E-state index >= 15 is 0 Å². The van der Waals surface area contributed by atoms with Crippen LogP contribution in [0.1, 0.15) is 51.5 Å². The largest absolute Gasteiger partial charge is 0.317 e. The van der Waals surface area contributed by atoms with Crippen LogP contribution in [0.4, 0.5) is 5.82 Å². The molecule has 1 aliphatic heterocycles. The van der Waals surface area contributed by atoms with E-state index in [9.17, 15) is 4.79 Å². The fourth-order valence-electron chi connectivity index (χ4n) is 3.23. The predicted molar refractivity (Wildman–Crippen MR) is 90.4 cm³/mol. The molecular formula is C16H27ClN4O. The first kappa shape index (κ1) is 17.3. The molecule has 0 aromatic carbocycles. The van der Waals surface area contributed by atoms with Gasteiger partial charge in [-0.05, 0) is 64.0 Å². The summed E-state index contributed by atoms with van der Waals surface area (Å²) in [6, 6.07) is 2.29. The van der Waals surface area contributed by atoms with Crippen LogP contribution < -0.4 is 10.6 Å². The van der Waals surface area contributed by atoms with Crippen molar-refractivity contribution >= 4 is 24.1 Å². The van der Waals surface area contributed by atoms with Crippen molar-refractivity contribution in [3.05, 3.63) is 12.3 Å². The number of rotatable bonds is 6. The highest BCUT2D eigenvalue weighted by atomic mass is 35.5. The molecule has 5 nitrogen and oxygen atoms in total. The number of carbonyl (C=O) groups excluding carboxylic acids is 1. The first-order valence-electron chi connectivity index (χ1n) is 8.28. The fraction of sp³-hybridized carbons (Fsp3) is 0.750. The van der Waals surface area contributed by atoms with Crippen LogP contribution in [0, 0.1) is 11.8 Å². The van der Waals surface area contributed by atoms with Crippen molar-refractivity contribution in [3.8, 4) is 0 Å². The van der Waals surface area contributed by atoms with Crippen molar-refractivity contribution in [3.63, 3.8) is 0 Å². The number of hydrogen-bond acceptors (Lipinski definition) is 3. The number of piperidine rings is 1. The van der Waals surface area contributed by atoms with Crippen LogP contribution in [0.15, 0.2) is 12.3 Å². The van der Waals surface area contributed by atoms with Gasteiger partial charge in [0.1, 0.15) is 5.82 Å². The number of halogens is 1. The molecule has 1 aliphatic carbocycles. The van der Waals surface area contributed by atoms with Gasteiger partial charge < -0.3 is 10.6 Å². The summed E-state index contributed by atoms with van der Waals surface area (Å²) in [5.74, 6) is 2.41. The van der Waals surface area contributed by atoms with Crippen LogP contribution in [0.25, 0.3) is 0 Å². The minimum Gasteiger partial charge on any atom is -0.317 e. The maximum absolute atomic E-state index is 12.1. The van der Waals surface area contributed by atoms with Crippen LogP contribution in [0.2, 0.25) is 0 Å². The molecule has 1 unspecified atom stereocenters. The summed E-state index contributed by atoms with van der Waals surface area (Å²) in [4.78, 5) is 12.1. The van der Waals surface area contributed by atoms with Crippen molar-refractivity contribution in [2.75, 3.05) is 18.4 Å². The summed E-state index contributed by atoms with van der Waals surface area (Å²) in [6.45, 7) is 4.38. The minimum absolute atomic E-state index is 0. The lowest BCUT2D eigenvalue weighted by molar-refractivity contribution is -0.116. The number of aromatic nitrogens is 2. The van der Waals surface area contributed by atoms with Crippen molar-refractivity contribution in [2.24, 2.45) is 11.8 Å². The Morgan fingerprint density at radius 2 is 2.14 bits per heavy atom. The molecule has 1 atom stereocenters. The van der Waals surface area contributed by atoms with E-state index in [4.69, 9.17) is 0 Å². The van der Waals surface area contributed by atoms with E-state index in [1.807, 2.05) is 10.7 Å². The number of nitrogens with one attached hydrogen (secondary N) is 2. The fourth-order valence-corrected chi connectivity index (χ4v) is 3.23. The molecule has 2 fully saturated rings. The molecule has 1 aromatic rings. The third kappa shape index (κ3) is 4.46. The number of anilines is 1. The first-order chi connectivity index (χ1) is 10.2. The lowest BCUT2D eigenvalue weighted by Gasteiger charge is -2.22. The summed E-state index contributed by atoms with van der Waals surface area (Å²) in [7, 11) is 0. The van der Waals surface area contributed by atoms with Gasteiger partial charge in [-0.3, -0.25) is 4.79 Å². The van der Waals surface area contributed by atoms with E-state index in [0.29, 0.717) is 18.4 Å². The van der Waals surface area contributed by atoms with E-state index < -0.39 is 0 Å². The Balaban J connectivity index is 0.00000176. The molecule has 2 N–H and O–H groups in total. The Labute approximate surface area is 138 Å². The Morgan fingerprint density at radius 3 is 2.82 bits per heavy atom. The van der Waals surface area contributed by atoms with E-state index in [1.54, 1.807) is 6.20 Å². The molecule has 2 aliphatic rings. The molecule has 3 rings (SSSR count). The zero-order chi connectivity index (χ0) is 14.7. The second-order valence-corrected chi connectivity index (χ2v) is 6.52. The lowest BCUT2D eigenvalue weighted by Crippen LogP contribution is -2.28. The number of hydrogen-bond donors (Lipinski definition) is 2. The van der Waals surface area contributed by atoms with Crippen molar-refractivity contribution < 1.29 is 4.79 Å². The molecule has 1 aromatic heterocycles. The van der Waals surface area contributed by atoms with Gasteiger partial charge in [0.2, 0.25) is 5.91 Å². The molecule has 22 heavy (non-hydrogen) atoms. The second kappa shape index (κ2) is 7.97. The van der Waals surface area contributed by atoms with E-state index in [1.165, 1.54) is 25.7 Å². The molecule has 124 valence electrons. The zero-order valence-electron chi connectivity index (χ0n) is 13.3. The van der Waals surface area contributed by atoms with Crippen LogP contribution in [-0.4, -0.2) is 28.8 Å². The number of nitrogens with zero attached hydrogens (tertiary/aromatic N) is 2. The average Bonchev–Trinajstić information content (AvgIpc) is 3.26. The SMILES string of the molecule is CC(C1CC1)n1nccc1NC(=O)CCC1CCNCC1.Cl. The predicted octanol–water partition coefficient (Wildman–Crippen LogP) is 2.99. The molecule has 2 heterocycles. The van der Waals surface area contributed by atoms with Crippen LogP contribution >= 0.6 is 12.4 Å². The van der Waals surface area contributed by atoms with E-state index in [0.717, 1.165) is 31.2 Å². The van der Waals surface area contributed by atoms with Gasteiger partial charge in [0.25, 0.3) is 0 Å². The van der Waals surface area contributed by atoms with Crippen LogP contribution in [0.3, 0.4) is 0 Å². The van der Waals surface area contributed by atoms with Crippen molar-refractivity contribution in [1.82, 2.24) is 15.1 Å². The van der Waals surface area contributed by atoms with Crippen LogP contribution in [-0.2, 0) is 4.79 Å². The Kier molecular flexibility index (Phi) is 6.26. The highest BCUT2D eigenvalue weighted by molar-refractivity contribution is 5.89. The van der Waals surface area contributed by atoms with Gasteiger partial charge in [-0.1, -0.05) is 0 Å². The molecule has 1 amide bonds. The molecule has 1 saturated carbocycles. The normalized spacial score (nSPS) is 20.2. The standard InChI is InChI=1S/C16H26N4O.ClH/c1-12(14-3-4-14)20-15(8-11-18-20)19-16(21)5-2-13-6-9-17-10-7-13;/h8,11-14,17H,2-7,9-10H2,1H3,(H,19,21);1H. The third-order valence-electron chi connectivity index (χ3n) is 4.87. The number of carbonyl (C=O) groups is 1. The minimum atomic E-state index is 0. The molecule has 0 bridgehead atoms. The van der Waals surface area contributed by atoms with E-state index in [-0.39, 0.29) is 18.3 Å². The Bertz CT molecular complexity index is 480. The Hall–Kier alpha value is -1.07. The average molecular weight is 327 g/mol. The first-order valence-corrected chi connectivity index (χ1v) is 8.28. The monoisotopic (exact) mass is 326 g/mol. The molecule has 1 saturated heterocycles. The summed E-state index contributed by atoms with van der Waals surface area (Å²) >= 11 is 0. The number of amides is 1. The molecule has 0 spiro atoms. The summed E-state index contributed by atoms with van der Waals surface area (Å²) in [5, 5.41) is 10.8. The topological polar surface area (TPSA) is 59.0 Å². The van der Waals surface area contributed by atoms with Gasteiger partial charge in [0, 0.05) is 12.5 Å². The summed E-state index contributed by atoms with van der Waals surface area (Å²) in [5.41, 5.74) is 0. The van der Waals surface area contributed by atoms with Gasteiger partial charge in [-0.15, -0.1) is 12.4 Å². The second-order valence-electron chi connectivity index (χ2n) is 6.52. The van der Waals surface area contributed by atoms with Crippen LogP contribution in [0.5, 0.6) is 0 Å². The van der Waals surface area contributed by atoms with E-state index in [2.05, 4.69) is 22.7 Å². The van der Waals surface area contributed by atoms with Gasteiger partial charge >= 0.3 is 0 Å². The highest BCUT2D eigenvalue weighted by Crippen LogP contribution is 2.40. The van der Waals surface area contributed by atoms with Gasteiger partial charge in [-0.25, -0.2) is 4.68 Å². The third-order valence-corrected chi connectivity index (χ3v) is 4.87. The van der Waals surface area contributed by atoms with Gasteiger partial charge in [0.15, 0.2) is 0 Å². The Morgan fingerprint density at radius 1 is 1.41 bits per heavy atom. The van der Waals surface area contributed by atoms with Crippen molar-refractivity contribution in [2.45, 2.75) is 51.5 Å². The van der Waals surface area contributed by atoms with Gasteiger partial charge in [0.05, 0.1) is 12.2 Å². The highest BCUT2D eigenvalue weighted by Gasteiger charge is 2.30. The lowest BCUT2D eigenvalue weighted by atomic mass is 9.93. The maximum Gasteiger partial charge on any atom is 0.225 e. The smallest absolute Gasteiger partial charge is 0.225 e. The quantitative estimate of drug-likeness (QED) is 0.845. The van der Waals surface area contributed by atoms with Gasteiger partial charge in [-0.2, -0.15) is 5.10 Å². The maximum atomic E-state index is 12.1. The molecule has 6 heteroatoms. The summed E-state index contributed by atoms with van der Waals surface area (Å²) < 4.78 is 1.97. The summed E-state index contributed by atoms with van der Waals surface area (Å²) in [6.07, 6.45) is 8.36. The zero-order valence-corrected chi connectivity index (χ0v) is 14.1.